The second-order valence-electron chi connectivity index (χ2n) is 2.95. The Bertz CT molecular complexity index is 538. The molecule has 6 heteroatoms. The van der Waals surface area contributed by atoms with Gasteiger partial charge in [-0.3, -0.25) is 4.79 Å². The zero-order valence-corrected chi connectivity index (χ0v) is 10.2. The number of fused-ring (bicyclic) bond motifs is 1. The third-order valence-corrected chi connectivity index (χ3v) is 2.61. The zero-order valence-electron chi connectivity index (χ0n) is 7.74. The van der Waals surface area contributed by atoms with Gasteiger partial charge in [0.05, 0.1) is 10.2 Å². The zero-order chi connectivity index (χ0) is 11.0. The molecule has 1 aromatic carbocycles. The van der Waals surface area contributed by atoms with Crippen LogP contribution in [0.1, 0.15) is 6.92 Å². The summed E-state index contributed by atoms with van der Waals surface area (Å²) in [5.41, 5.74) is 1.78. The Morgan fingerprint density at radius 2 is 2.33 bits per heavy atom. The Balaban J connectivity index is 2.65. The molecule has 1 heterocycles. The summed E-state index contributed by atoms with van der Waals surface area (Å²) < 4.78 is 6.05. The van der Waals surface area contributed by atoms with Crippen LogP contribution in [-0.4, -0.2) is 10.9 Å². The molecule has 2 rings (SSSR count). The van der Waals surface area contributed by atoms with Gasteiger partial charge in [-0.25, -0.2) is 4.98 Å². The molecule has 4 nitrogen and oxygen atoms in total. The van der Waals surface area contributed by atoms with Crippen LogP contribution in [0.4, 0.5) is 5.69 Å². The van der Waals surface area contributed by atoms with Crippen molar-refractivity contribution in [3.63, 3.8) is 0 Å². The molecule has 0 aliphatic heterocycles. The fourth-order valence-corrected chi connectivity index (χ4v) is 1.85. The molecule has 0 atom stereocenters. The van der Waals surface area contributed by atoms with Gasteiger partial charge in [0.15, 0.2) is 5.58 Å². The number of anilines is 1. The largest absolute Gasteiger partial charge is 0.430 e. The Morgan fingerprint density at radius 3 is 3.00 bits per heavy atom. The maximum absolute atomic E-state index is 10.9. The van der Waals surface area contributed by atoms with Crippen molar-refractivity contribution < 1.29 is 9.21 Å². The number of benzene rings is 1. The highest BCUT2D eigenvalue weighted by atomic mass is 79.9. The fraction of sp³-hybridized carbons (Fsp3) is 0.111. The van der Waals surface area contributed by atoms with Crippen LogP contribution in [0.15, 0.2) is 26.2 Å². The van der Waals surface area contributed by atoms with Crippen LogP contribution in [0.25, 0.3) is 11.1 Å². The number of hydrogen-bond donors (Lipinski definition) is 2. The second-order valence-corrected chi connectivity index (χ2v) is 4.19. The van der Waals surface area contributed by atoms with Gasteiger partial charge in [0.2, 0.25) is 5.91 Å². The lowest BCUT2D eigenvalue weighted by atomic mass is 10.3. The Hall–Kier alpha value is -1.01. The molecule has 0 unspecified atom stereocenters. The first kappa shape index (κ1) is 10.5. The topological polar surface area (TPSA) is 55.1 Å². The number of halogens is 1. The average molecular weight is 287 g/mol. The van der Waals surface area contributed by atoms with E-state index in [1.807, 2.05) is 0 Å². The number of carbonyl (C=O) groups excluding carboxylic acids is 1. The van der Waals surface area contributed by atoms with E-state index >= 15 is 0 Å². The van der Waals surface area contributed by atoms with Crippen LogP contribution < -0.4 is 5.32 Å². The quantitative estimate of drug-likeness (QED) is 0.793. The van der Waals surface area contributed by atoms with Crippen LogP contribution >= 0.6 is 28.6 Å². The van der Waals surface area contributed by atoms with Gasteiger partial charge in [0.25, 0.3) is 5.22 Å². The van der Waals surface area contributed by atoms with E-state index in [9.17, 15) is 4.79 Å². The number of oxazole rings is 1. The number of thiol groups is 1. The minimum atomic E-state index is -0.151. The summed E-state index contributed by atoms with van der Waals surface area (Å²) in [6.07, 6.45) is 0. The van der Waals surface area contributed by atoms with Crippen molar-refractivity contribution in [3.05, 3.63) is 16.6 Å². The van der Waals surface area contributed by atoms with Gasteiger partial charge < -0.3 is 9.73 Å². The first-order chi connectivity index (χ1) is 7.08. The lowest BCUT2D eigenvalue weighted by Gasteiger charge is -2.02. The first-order valence-electron chi connectivity index (χ1n) is 4.13. The second kappa shape index (κ2) is 3.86. The number of nitrogens with one attached hydrogen (secondary N) is 1. The number of rotatable bonds is 1. The van der Waals surface area contributed by atoms with Gasteiger partial charge in [-0.05, 0) is 28.1 Å². The molecule has 78 valence electrons. The van der Waals surface area contributed by atoms with Crippen molar-refractivity contribution in [2.45, 2.75) is 12.1 Å². The molecule has 1 aromatic heterocycles. The predicted molar refractivity (Wildman–Crippen MR) is 63.3 cm³/mol. The maximum atomic E-state index is 10.9. The van der Waals surface area contributed by atoms with E-state index in [2.05, 4.69) is 38.9 Å². The van der Waals surface area contributed by atoms with Crippen molar-refractivity contribution in [2.24, 2.45) is 0 Å². The predicted octanol–water partition coefficient (Wildman–Crippen LogP) is 2.84. The highest BCUT2D eigenvalue weighted by Gasteiger charge is 2.11. The minimum Gasteiger partial charge on any atom is -0.430 e. The van der Waals surface area contributed by atoms with Crippen LogP contribution in [0, 0.1) is 0 Å². The lowest BCUT2D eigenvalue weighted by Crippen LogP contribution is -2.06. The summed E-state index contributed by atoms with van der Waals surface area (Å²) in [6.45, 7) is 1.44. The number of nitrogens with zero attached hydrogens (tertiary/aromatic N) is 1. The summed E-state index contributed by atoms with van der Waals surface area (Å²) in [7, 11) is 0. The first-order valence-corrected chi connectivity index (χ1v) is 5.37. The van der Waals surface area contributed by atoms with Crippen LogP contribution in [0.5, 0.6) is 0 Å². The SMILES string of the molecule is CC(=O)Nc1ccc(Br)c2oc(S)nc12. The third kappa shape index (κ3) is 2.00. The molecular formula is C9H7BrN2O2S. The molecule has 0 aliphatic carbocycles. The van der Waals surface area contributed by atoms with Crippen molar-refractivity contribution in [3.8, 4) is 0 Å². The normalized spacial score (nSPS) is 10.6. The fourth-order valence-electron chi connectivity index (χ4n) is 1.25. The monoisotopic (exact) mass is 286 g/mol. The van der Waals surface area contributed by atoms with E-state index in [0.29, 0.717) is 16.8 Å². The van der Waals surface area contributed by atoms with Gasteiger partial charge in [-0.15, -0.1) is 0 Å². The van der Waals surface area contributed by atoms with Crippen LogP contribution in [0.3, 0.4) is 0 Å². The maximum Gasteiger partial charge on any atom is 0.253 e. The third-order valence-electron chi connectivity index (χ3n) is 1.79. The van der Waals surface area contributed by atoms with Crippen LogP contribution in [0.2, 0.25) is 0 Å². The lowest BCUT2D eigenvalue weighted by molar-refractivity contribution is -0.114. The molecule has 1 amide bonds. The molecule has 0 fully saturated rings. The Labute approximate surface area is 99.6 Å². The van der Waals surface area contributed by atoms with Gasteiger partial charge in [0, 0.05) is 6.92 Å². The number of amides is 1. The van der Waals surface area contributed by atoms with Crippen LogP contribution in [-0.2, 0) is 4.79 Å². The van der Waals surface area contributed by atoms with Gasteiger partial charge >= 0.3 is 0 Å². The molecular weight excluding hydrogens is 280 g/mol. The van der Waals surface area contributed by atoms with E-state index in [1.54, 1.807) is 12.1 Å². The van der Waals surface area contributed by atoms with E-state index in [-0.39, 0.29) is 11.1 Å². The molecule has 0 saturated carbocycles. The molecule has 15 heavy (non-hydrogen) atoms. The van der Waals surface area contributed by atoms with E-state index < -0.39 is 0 Å². The molecule has 0 spiro atoms. The highest BCUT2D eigenvalue weighted by molar-refractivity contribution is 9.10. The van der Waals surface area contributed by atoms with Crippen molar-refractivity contribution >= 4 is 51.3 Å². The molecule has 0 saturated heterocycles. The van der Waals surface area contributed by atoms with Gasteiger partial charge in [0.1, 0.15) is 5.52 Å². The van der Waals surface area contributed by atoms with E-state index in [0.717, 1.165) is 4.47 Å². The summed E-state index contributed by atoms with van der Waals surface area (Å²) in [6, 6.07) is 3.54. The molecule has 0 radical (unpaired) electrons. The summed E-state index contributed by atoms with van der Waals surface area (Å²) in [5.74, 6) is -0.151. The summed E-state index contributed by atoms with van der Waals surface area (Å²) >= 11 is 7.35. The number of hydrogen-bond acceptors (Lipinski definition) is 4. The molecule has 2 aromatic rings. The van der Waals surface area contributed by atoms with Crippen molar-refractivity contribution in [2.75, 3.05) is 5.32 Å². The van der Waals surface area contributed by atoms with Crippen molar-refractivity contribution in [1.29, 1.82) is 0 Å². The summed E-state index contributed by atoms with van der Waals surface area (Å²) in [4.78, 5) is 15.0. The van der Waals surface area contributed by atoms with Gasteiger partial charge in [-0.2, -0.15) is 0 Å². The molecule has 0 bridgehead atoms. The smallest absolute Gasteiger partial charge is 0.253 e. The van der Waals surface area contributed by atoms with Gasteiger partial charge in [-0.1, -0.05) is 12.6 Å². The minimum absolute atomic E-state index is 0.151. The highest BCUT2D eigenvalue weighted by Crippen LogP contribution is 2.31. The number of aromatic nitrogens is 1. The number of carbonyl (C=O) groups is 1. The summed E-state index contributed by atoms with van der Waals surface area (Å²) in [5, 5.41) is 2.94. The standard InChI is InChI=1S/C9H7BrN2O2S/c1-4(13)11-6-3-2-5(10)8-7(6)12-9(15)14-8/h2-3H,1H3,(H,11,13)(H,12,15). The van der Waals surface area contributed by atoms with E-state index in [4.69, 9.17) is 4.42 Å². The molecule has 0 aliphatic rings. The van der Waals surface area contributed by atoms with Crippen molar-refractivity contribution in [1.82, 2.24) is 4.98 Å². The molecule has 1 N–H and O–H groups in total. The Kier molecular flexibility index (Phi) is 2.70. The Morgan fingerprint density at radius 1 is 1.60 bits per heavy atom. The average Bonchev–Trinajstić information content (AvgIpc) is 2.52. The van der Waals surface area contributed by atoms with E-state index in [1.165, 1.54) is 6.92 Å².